The monoisotopic (exact) mass is 207 g/mol. The van der Waals surface area contributed by atoms with E-state index in [4.69, 9.17) is 5.26 Å². The average molecular weight is 207 g/mol. The molecule has 0 atom stereocenters. The molecule has 0 aromatic rings. The Morgan fingerprint density at radius 1 is 1.00 bits per heavy atom. The molecule has 2 fully saturated rings. The fraction of sp³-hybridized carbons (Fsp3) is 0.917. The van der Waals surface area contributed by atoms with E-state index in [1.807, 2.05) is 0 Å². The maximum Gasteiger partial charge on any atom is 0.0866 e. The minimum absolute atomic E-state index is 0.608. The van der Waals surface area contributed by atoms with E-state index in [-0.39, 0.29) is 0 Å². The summed E-state index contributed by atoms with van der Waals surface area (Å²) in [7, 11) is 0. The molecule has 0 unspecified atom stereocenters. The molecule has 1 heterocycles. The summed E-state index contributed by atoms with van der Waals surface area (Å²) < 4.78 is 0. The molecule has 84 valence electrons. The zero-order valence-corrected chi connectivity index (χ0v) is 9.49. The SMILES string of the molecule is N#CCN1CCN(CC2CCCC2)CC1. The summed E-state index contributed by atoms with van der Waals surface area (Å²) in [5.74, 6) is 0.965. The number of piperazine rings is 1. The zero-order valence-electron chi connectivity index (χ0n) is 9.49. The predicted molar refractivity (Wildman–Crippen MR) is 60.5 cm³/mol. The van der Waals surface area contributed by atoms with Crippen molar-refractivity contribution in [2.75, 3.05) is 39.3 Å². The second kappa shape index (κ2) is 5.48. The summed E-state index contributed by atoms with van der Waals surface area (Å²) in [6.07, 6.45) is 5.77. The molecule has 0 radical (unpaired) electrons. The summed E-state index contributed by atoms with van der Waals surface area (Å²) in [6.45, 7) is 6.41. The quantitative estimate of drug-likeness (QED) is 0.654. The van der Waals surface area contributed by atoms with Gasteiger partial charge in [0.25, 0.3) is 0 Å². The molecular formula is C12H21N3. The highest BCUT2D eigenvalue weighted by molar-refractivity contribution is 4.82. The van der Waals surface area contributed by atoms with Gasteiger partial charge in [0.05, 0.1) is 12.6 Å². The van der Waals surface area contributed by atoms with Crippen molar-refractivity contribution in [3.8, 4) is 6.07 Å². The molecule has 15 heavy (non-hydrogen) atoms. The Labute approximate surface area is 92.7 Å². The summed E-state index contributed by atoms with van der Waals surface area (Å²) in [6, 6.07) is 2.23. The lowest BCUT2D eigenvalue weighted by Crippen LogP contribution is -2.47. The van der Waals surface area contributed by atoms with Gasteiger partial charge in [0.15, 0.2) is 0 Å². The molecule has 0 aromatic carbocycles. The molecule has 1 saturated heterocycles. The fourth-order valence-corrected chi connectivity index (χ4v) is 2.79. The molecule has 1 aliphatic carbocycles. The highest BCUT2D eigenvalue weighted by Gasteiger charge is 2.21. The molecule has 2 aliphatic rings. The van der Waals surface area contributed by atoms with Crippen LogP contribution in [0.5, 0.6) is 0 Å². The lowest BCUT2D eigenvalue weighted by atomic mass is 10.1. The maximum atomic E-state index is 8.61. The van der Waals surface area contributed by atoms with E-state index in [0.29, 0.717) is 6.54 Å². The van der Waals surface area contributed by atoms with Crippen LogP contribution >= 0.6 is 0 Å². The molecule has 0 amide bonds. The molecule has 0 spiro atoms. The van der Waals surface area contributed by atoms with Gasteiger partial charge in [-0.05, 0) is 18.8 Å². The zero-order chi connectivity index (χ0) is 10.5. The number of hydrogen-bond donors (Lipinski definition) is 0. The second-order valence-electron chi connectivity index (χ2n) is 4.89. The van der Waals surface area contributed by atoms with E-state index < -0.39 is 0 Å². The van der Waals surface area contributed by atoms with Crippen molar-refractivity contribution in [2.45, 2.75) is 25.7 Å². The summed E-state index contributed by atoms with van der Waals surface area (Å²) in [4.78, 5) is 4.84. The van der Waals surface area contributed by atoms with Gasteiger partial charge in [-0.2, -0.15) is 5.26 Å². The normalized spacial score (nSPS) is 25.5. The largest absolute Gasteiger partial charge is 0.301 e. The second-order valence-corrected chi connectivity index (χ2v) is 4.89. The molecule has 0 N–H and O–H groups in total. The van der Waals surface area contributed by atoms with Crippen LogP contribution in [-0.2, 0) is 0 Å². The molecule has 3 nitrogen and oxygen atoms in total. The third kappa shape index (κ3) is 3.19. The van der Waals surface area contributed by atoms with Gasteiger partial charge in [-0.25, -0.2) is 0 Å². The van der Waals surface area contributed by atoms with Crippen molar-refractivity contribution < 1.29 is 0 Å². The topological polar surface area (TPSA) is 30.3 Å². The maximum absolute atomic E-state index is 8.61. The van der Waals surface area contributed by atoms with Crippen LogP contribution in [0.25, 0.3) is 0 Å². The Kier molecular flexibility index (Phi) is 3.99. The summed E-state index contributed by atoms with van der Waals surface area (Å²) in [5, 5.41) is 8.61. The standard InChI is InChI=1S/C12H21N3/c13-5-6-14-7-9-15(10-8-14)11-12-3-1-2-4-12/h12H,1-4,6-11H2. The molecular weight excluding hydrogens is 186 g/mol. The Balaban J connectivity index is 1.67. The Morgan fingerprint density at radius 2 is 1.60 bits per heavy atom. The van der Waals surface area contributed by atoms with Gasteiger partial charge < -0.3 is 4.90 Å². The van der Waals surface area contributed by atoms with Crippen molar-refractivity contribution in [2.24, 2.45) is 5.92 Å². The van der Waals surface area contributed by atoms with E-state index >= 15 is 0 Å². The fourth-order valence-electron chi connectivity index (χ4n) is 2.79. The number of rotatable bonds is 3. The number of nitriles is 1. The van der Waals surface area contributed by atoms with Gasteiger partial charge in [-0.1, -0.05) is 12.8 Å². The van der Waals surface area contributed by atoms with Crippen LogP contribution in [-0.4, -0.2) is 49.1 Å². The average Bonchev–Trinajstić information content (AvgIpc) is 2.74. The molecule has 1 aliphatic heterocycles. The highest BCUT2D eigenvalue weighted by atomic mass is 15.3. The van der Waals surface area contributed by atoms with Crippen LogP contribution in [0.15, 0.2) is 0 Å². The van der Waals surface area contributed by atoms with Gasteiger partial charge in [-0.15, -0.1) is 0 Å². The summed E-state index contributed by atoms with van der Waals surface area (Å²) in [5.41, 5.74) is 0. The van der Waals surface area contributed by atoms with Crippen molar-refractivity contribution >= 4 is 0 Å². The van der Waals surface area contributed by atoms with E-state index in [9.17, 15) is 0 Å². The first-order valence-corrected chi connectivity index (χ1v) is 6.20. The molecule has 0 bridgehead atoms. The summed E-state index contributed by atoms with van der Waals surface area (Å²) >= 11 is 0. The first-order valence-electron chi connectivity index (χ1n) is 6.20. The minimum Gasteiger partial charge on any atom is -0.301 e. The van der Waals surface area contributed by atoms with E-state index in [1.165, 1.54) is 32.2 Å². The smallest absolute Gasteiger partial charge is 0.0866 e. The van der Waals surface area contributed by atoms with Crippen LogP contribution in [0, 0.1) is 17.2 Å². The van der Waals surface area contributed by atoms with E-state index in [0.717, 1.165) is 32.1 Å². The number of nitrogens with zero attached hydrogens (tertiary/aromatic N) is 3. The van der Waals surface area contributed by atoms with Crippen LogP contribution in [0.1, 0.15) is 25.7 Å². The minimum atomic E-state index is 0.608. The third-order valence-electron chi connectivity index (χ3n) is 3.75. The number of hydrogen-bond acceptors (Lipinski definition) is 3. The van der Waals surface area contributed by atoms with Crippen molar-refractivity contribution in [3.05, 3.63) is 0 Å². The van der Waals surface area contributed by atoms with Crippen molar-refractivity contribution in [1.29, 1.82) is 5.26 Å². The Hall–Kier alpha value is -0.590. The first-order chi connectivity index (χ1) is 7.38. The Bertz CT molecular complexity index is 220. The molecule has 1 saturated carbocycles. The van der Waals surface area contributed by atoms with Gasteiger partial charge in [0.2, 0.25) is 0 Å². The Morgan fingerprint density at radius 3 is 2.20 bits per heavy atom. The molecule has 0 aromatic heterocycles. The predicted octanol–water partition coefficient (Wildman–Crippen LogP) is 1.32. The molecule has 2 rings (SSSR count). The lowest BCUT2D eigenvalue weighted by molar-refractivity contribution is 0.128. The van der Waals surface area contributed by atoms with Crippen LogP contribution in [0.3, 0.4) is 0 Å². The highest BCUT2D eigenvalue weighted by Crippen LogP contribution is 2.25. The van der Waals surface area contributed by atoms with Crippen molar-refractivity contribution in [3.63, 3.8) is 0 Å². The first kappa shape index (κ1) is 10.9. The van der Waals surface area contributed by atoms with Gasteiger partial charge in [0.1, 0.15) is 0 Å². The van der Waals surface area contributed by atoms with Gasteiger partial charge >= 0.3 is 0 Å². The van der Waals surface area contributed by atoms with Crippen LogP contribution in [0.4, 0.5) is 0 Å². The van der Waals surface area contributed by atoms with E-state index in [1.54, 1.807) is 0 Å². The lowest BCUT2D eigenvalue weighted by Gasteiger charge is -2.34. The molecule has 3 heteroatoms. The third-order valence-corrected chi connectivity index (χ3v) is 3.75. The van der Waals surface area contributed by atoms with Crippen molar-refractivity contribution in [1.82, 2.24) is 9.80 Å². The van der Waals surface area contributed by atoms with E-state index in [2.05, 4.69) is 15.9 Å². The van der Waals surface area contributed by atoms with Gasteiger partial charge in [0, 0.05) is 32.7 Å². The van der Waals surface area contributed by atoms with Crippen LogP contribution in [0.2, 0.25) is 0 Å². The van der Waals surface area contributed by atoms with Gasteiger partial charge in [-0.3, -0.25) is 4.90 Å². The van der Waals surface area contributed by atoms with Crippen LogP contribution < -0.4 is 0 Å².